The number of benzene rings is 1. The zero-order valence-corrected chi connectivity index (χ0v) is 18.6. The Hall–Kier alpha value is -1.94. The first kappa shape index (κ1) is 21.8. The van der Waals surface area contributed by atoms with Crippen LogP contribution >= 0.6 is 11.3 Å². The van der Waals surface area contributed by atoms with Gasteiger partial charge in [0.2, 0.25) is 10.0 Å². The lowest BCUT2D eigenvalue weighted by Gasteiger charge is -2.35. The van der Waals surface area contributed by atoms with Gasteiger partial charge in [-0.05, 0) is 36.4 Å². The number of thiophene rings is 1. The summed E-state index contributed by atoms with van der Waals surface area (Å²) in [6, 6.07) is 9.74. The van der Waals surface area contributed by atoms with Crippen LogP contribution in [0.4, 0.5) is 0 Å². The lowest BCUT2D eigenvalue weighted by Crippen LogP contribution is -2.49. The smallest absolute Gasteiger partial charge is 0.250 e. The molecule has 3 rings (SSSR count). The van der Waals surface area contributed by atoms with Crippen molar-refractivity contribution in [2.24, 2.45) is 4.99 Å². The summed E-state index contributed by atoms with van der Waals surface area (Å²) in [6.07, 6.45) is -0.0137. The second-order valence-electron chi connectivity index (χ2n) is 6.97. The number of aryl methyl sites for hydroxylation is 2. The predicted molar refractivity (Wildman–Crippen MR) is 117 cm³/mol. The van der Waals surface area contributed by atoms with Crippen LogP contribution < -0.4 is 10.0 Å². The van der Waals surface area contributed by atoms with E-state index in [4.69, 9.17) is 4.74 Å². The van der Waals surface area contributed by atoms with E-state index in [9.17, 15) is 8.42 Å². The highest BCUT2D eigenvalue weighted by Gasteiger charge is 2.25. The van der Waals surface area contributed by atoms with Crippen molar-refractivity contribution in [3.8, 4) is 0 Å². The minimum absolute atomic E-state index is 0.0137. The summed E-state index contributed by atoms with van der Waals surface area (Å²) in [4.78, 5) is 6.52. The molecule has 0 amide bonds. The molecule has 1 fully saturated rings. The number of sulfonamides is 1. The monoisotopic (exact) mass is 436 g/mol. The van der Waals surface area contributed by atoms with E-state index in [-0.39, 0.29) is 12.6 Å². The summed E-state index contributed by atoms with van der Waals surface area (Å²) < 4.78 is 33.3. The van der Waals surface area contributed by atoms with Crippen LogP contribution in [0.15, 0.2) is 44.9 Å². The number of rotatable bonds is 6. The molecule has 2 N–H and O–H groups in total. The van der Waals surface area contributed by atoms with Crippen molar-refractivity contribution in [3.63, 3.8) is 0 Å². The first-order chi connectivity index (χ1) is 13.9. The Balaban J connectivity index is 1.54. The second kappa shape index (κ2) is 9.71. The molecule has 1 aromatic carbocycles. The number of hydrogen-bond acceptors (Lipinski definition) is 5. The van der Waals surface area contributed by atoms with Crippen LogP contribution in [-0.4, -0.2) is 59.1 Å². The van der Waals surface area contributed by atoms with Gasteiger partial charge in [0, 0.05) is 26.7 Å². The van der Waals surface area contributed by atoms with Gasteiger partial charge in [0.05, 0.1) is 13.2 Å². The maximum atomic E-state index is 12.2. The number of hydrogen-bond donors (Lipinski definition) is 2. The van der Waals surface area contributed by atoms with Crippen LogP contribution in [0.3, 0.4) is 0 Å². The van der Waals surface area contributed by atoms with Crippen LogP contribution in [0.1, 0.15) is 22.8 Å². The van der Waals surface area contributed by atoms with Gasteiger partial charge in [0.1, 0.15) is 10.3 Å². The molecule has 0 bridgehead atoms. The molecular formula is C20H28N4O3S2. The quantitative estimate of drug-likeness (QED) is 0.412. The number of nitrogens with zero attached hydrogens (tertiary/aromatic N) is 2. The molecule has 1 aliphatic heterocycles. The van der Waals surface area contributed by atoms with Crippen LogP contribution in [0.2, 0.25) is 0 Å². The van der Waals surface area contributed by atoms with Crippen molar-refractivity contribution in [1.29, 1.82) is 0 Å². The Labute approximate surface area is 176 Å². The van der Waals surface area contributed by atoms with E-state index in [2.05, 4.69) is 52.0 Å². The molecule has 1 saturated heterocycles. The predicted octanol–water partition coefficient (Wildman–Crippen LogP) is 2.29. The minimum atomic E-state index is -3.44. The van der Waals surface area contributed by atoms with E-state index in [1.165, 1.54) is 28.0 Å². The zero-order valence-electron chi connectivity index (χ0n) is 17.0. The Morgan fingerprint density at radius 3 is 2.83 bits per heavy atom. The van der Waals surface area contributed by atoms with Gasteiger partial charge >= 0.3 is 0 Å². The molecule has 0 aliphatic carbocycles. The molecular weight excluding hydrogens is 408 g/mol. The maximum absolute atomic E-state index is 12.2. The molecule has 0 spiro atoms. The molecule has 2 aromatic rings. The van der Waals surface area contributed by atoms with Crippen molar-refractivity contribution in [2.75, 3.05) is 39.8 Å². The maximum Gasteiger partial charge on any atom is 0.250 e. The molecule has 2 heterocycles. The highest BCUT2D eigenvalue weighted by molar-refractivity contribution is 7.91. The summed E-state index contributed by atoms with van der Waals surface area (Å²) in [5, 5.41) is 5.00. The van der Waals surface area contributed by atoms with Gasteiger partial charge in [-0.3, -0.25) is 4.99 Å². The van der Waals surface area contributed by atoms with Crippen molar-refractivity contribution >= 4 is 27.3 Å². The van der Waals surface area contributed by atoms with Gasteiger partial charge in [-0.2, -0.15) is 0 Å². The second-order valence-corrected chi connectivity index (χ2v) is 9.91. The third-order valence-corrected chi connectivity index (χ3v) is 7.67. The van der Waals surface area contributed by atoms with E-state index in [1.54, 1.807) is 24.6 Å². The van der Waals surface area contributed by atoms with Crippen LogP contribution in [-0.2, 0) is 14.8 Å². The summed E-state index contributed by atoms with van der Waals surface area (Å²) >= 11 is 1.20. The highest BCUT2D eigenvalue weighted by atomic mass is 32.2. The Morgan fingerprint density at radius 2 is 2.14 bits per heavy atom. The van der Waals surface area contributed by atoms with Gasteiger partial charge in [-0.15, -0.1) is 11.3 Å². The molecule has 158 valence electrons. The number of ether oxygens (including phenoxy) is 1. The first-order valence-electron chi connectivity index (χ1n) is 9.58. The standard InChI is InChI=1S/C20H28N4O3S2/c1-15-6-7-17(16(2)13-15)18-14-24(10-11-27-18)20(21-3)22-8-9-23-29(25,26)19-5-4-12-28-19/h4-7,12-13,18,23H,8-11,14H2,1-3H3,(H,21,22). The molecule has 29 heavy (non-hydrogen) atoms. The third-order valence-electron chi connectivity index (χ3n) is 4.81. The summed E-state index contributed by atoms with van der Waals surface area (Å²) in [5.41, 5.74) is 3.66. The van der Waals surface area contributed by atoms with E-state index >= 15 is 0 Å². The van der Waals surface area contributed by atoms with Crippen LogP contribution in [0.25, 0.3) is 0 Å². The number of morpholine rings is 1. The van der Waals surface area contributed by atoms with Crippen molar-refractivity contribution in [1.82, 2.24) is 14.9 Å². The average Bonchev–Trinajstić information content (AvgIpc) is 3.24. The Bertz CT molecular complexity index is 943. The van der Waals surface area contributed by atoms with E-state index in [0.717, 1.165) is 12.5 Å². The van der Waals surface area contributed by atoms with Crippen LogP contribution in [0.5, 0.6) is 0 Å². The normalized spacial score (nSPS) is 18.1. The van der Waals surface area contributed by atoms with Gasteiger partial charge in [-0.25, -0.2) is 13.1 Å². The summed E-state index contributed by atoms with van der Waals surface area (Å²) in [5.74, 6) is 0.749. The molecule has 9 heteroatoms. The van der Waals surface area contributed by atoms with Crippen molar-refractivity contribution < 1.29 is 13.2 Å². The average molecular weight is 437 g/mol. The van der Waals surface area contributed by atoms with Crippen molar-refractivity contribution in [2.45, 2.75) is 24.2 Å². The summed E-state index contributed by atoms with van der Waals surface area (Å²) in [6.45, 7) is 6.98. The molecule has 1 atom stereocenters. The Kier molecular flexibility index (Phi) is 7.28. The largest absolute Gasteiger partial charge is 0.370 e. The molecule has 0 radical (unpaired) electrons. The SMILES string of the molecule is CN=C(NCCNS(=O)(=O)c1cccs1)N1CCOC(c2ccc(C)cc2C)C1. The fourth-order valence-electron chi connectivity index (χ4n) is 3.40. The first-order valence-corrected chi connectivity index (χ1v) is 11.9. The number of guanidine groups is 1. The van der Waals surface area contributed by atoms with Gasteiger partial charge in [-0.1, -0.05) is 29.8 Å². The molecule has 7 nitrogen and oxygen atoms in total. The van der Waals surface area contributed by atoms with Gasteiger partial charge in [0.15, 0.2) is 5.96 Å². The third kappa shape index (κ3) is 5.57. The fraction of sp³-hybridized carbons (Fsp3) is 0.450. The van der Waals surface area contributed by atoms with E-state index < -0.39 is 10.0 Å². The summed E-state index contributed by atoms with van der Waals surface area (Å²) in [7, 11) is -1.71. The van der Waals surface area contributed by atoms with Gasteiger partial charge < -0.3 is 15.0 Å². The lowest BCUT2D eigenvalue weighted by atomic mass is 10.00. The topological polar surface area (TPSA) is 83.0 Å². The molecule has 1 aromatic heterocycles. The Morgan fingerprint density at radius 1 is 1.31 bits per heavy atom. The molecule has 0 saturated carbocycles. The zero-order chi connectivity index (χ0) is 20.9. The van der Waals surface area contributed by atoms with Crippen LogP contribution in [0, 0.1) is 13.8 Å². The van der Waals surface area contributed by atoms with Crippen molar-refractivity contribution in [3.05, 3.63) is 52.4 Å². The van der Waals surface area contributed by atoms with E-state index in [1.807, 2.05) is 0 Å². The number of aliphatic imine (C=N–C) groups is 1. The minimum Gasteiger partial charge on any atom is -0.370 e. The lowest BCUT2D eigenvalue weighted by molar-refractivity contribution is -0.00829. The van der Waals surface area contributed by atoms with E-state index in [0.29, 0.717) is 23.9 Å². The molecule has 1 unspecified atom stereocenters. The fourth-order valence-corrected chi connectivity index (χ4v) is 5.47. The molecule has 1 aliphatic rings. The van der Waals surface area contributed by atoms with Gasteiger partial charge in [0.25, 0.3) is 0 Å². The highest BCUT2D eigenvalue weighted by Crippen LogP contribution is 2.25. The number of nitrogens with one attached hydrogen (secondary N) is 2.